The molecule has 1 aliphatic rings. The van der Waals surface area contributed by atoms with Crippen molar-refractivity contribution >= 4 is 5.91 Å². The Labute approximate surface area is 130 Å². The number of carbonyl (C=O) groups excluding carboxylic acids is 1. The highest BCUT2D eigenvalue weighted by Gasteiger charge is 2.14. The molecule has 0 atom stereocenters. The average molecular weight is 294 g/mol. The molecule has 0 bridgehead atoms. The fourth-order valence-corrected chi connectivity index (χ4v) is 2.54. The molecular formula is C18H18N2O2. The summed E-state index contributed by atoms with van der Waals surface area (Å²) in [6.45, 7) is 3.04. The normalized spacial score (nSPS) is 13.8. The van der Waals surface area contributed by atoms with Crippen LogP contribution in [0, 0.1) is 11.8 Å². The van der Waals surface area contributed by atoms with Crippen LogP contribution in [-0.2, 0) is 13.0 Å². The van der Waals surface area contributed by atoms with Crippen molar-refractivity contribution in [2.75, 3.05) is 19.6 Å². The van der Waals surface area contributed by atoms with Gasteiger partial charge in [0.1, 0.15) is 0 Å². The number of benzene rings is 1. The van der Waals surface area contributed by atoms with Crippen molar-refractivity contribution in [1.82, 2.24) is 10.2 Å². The molecule has 1 aliphatic heterocycles. The van der Waals surface area contributed by atoms with Gasteiger partial charge in [-0.05, 0) is 29.7 Å². The smallest absolute Gasteiger partial charge is 0.287 e. The number of rotatable bonds is 3. The first-order chi connectivity index (χ1) is 10.8. The van der Waals surface area contributed by atoms with Gasteiger partial charge >= 0.3 is 0 Å². The van der Waals surface area contributed by atoms with Gasteiger partial charge in [-0.15, -0.1) is 0 Å². The van der Waals surface area contributed by atoms with E-state index in [-0.39, 0.29) is 5.91 Å². The molecule has 0 aliphatic carbocycles. The molecule has 22 heavy (non-hydrogen) atoms. The zero-order valence-electron chi connectivity index (χ0n) is 12.3. The minimum atomic E-state index is -0.230. The van der Waals surface area contributed by atoms with Gasteiger partial charge in [-0.2, -0.15) is 0 Å². The Morgan fingerprint density at radius 1 is 1.18 bits per heavy atom. The van der Waals surface area contributed by atoms with Crippen molar-refractivity contribution in [3.8, 4) is 11.8 Å². The molecule has 4 heteroatoms. The van der Waals surface area contributed by atoms with Gasteiger partial charge in [0.25, 0.3) is 5.91 Å². The van der Waals surface area contributed by atoms with Crippen LogP contribution in [0.4, 0.5) is 0 Å². The number of furan rings is 1. The highest BCUT2D eigenvalue weighted by Crippen LogP contribution is 2.17. The van der Waals surface area contributed by atoms with E-state index in [9.17, 15) is 4.79 Å². The van der Waals surface area contributed by atoms with Gasteiger partial charge in [0.05, 0.1) is 19.4 Å². The van der Waals surface area contributed by atoms with Gasteiger partial charge in [0.2, 0.25) is 0 Å². The minimum Gasteiger partial charge on any atom is -0.459 e. The van der Waals surface area contributed by atoms with Crippen molar-refractivity contribution < 1.29 is 9.21 Å². The molecule has 0 radical (unpaired) electrons. The van der Waals surface area contributed by atoms with Gasteiger partial charge in [0.15, 0.2) is 5.76 Å². The Hall–Kier alpha value is -2.51. The topological polar surface area (TPSA) is 45.5 Å². The summed E-state index contributed by atoms with van der Waals surface area (Å²) in [7, 11) is 0. The quantitative estimate of drug-likeness (QED) is 0.882. The predicted molar refractivity (Wildman–Crippen MR) is 84.2 cm³/mol. The van der Waals surface area contributed by atoms with E-state index in [1.807, 2.05) is 0 Å². The molecule has 0 unspecified atom stereocenters. The highest BCUT2D eigenvalue weighted by atomic mass is 16.3. The number of nitrogens with one attached hydrogen (secondary N) is 1. The summed E-state index contributed by atoms with van der Waals surface area (Å²) in [5.41, 5.74) is 2.83. The van der Waals surface area contributed by atoms with E-state index < -0.39 is 0 Å². The molecule has 1 N–H and O–H groups in total. The number of amides is 1. The Kier molecular flexibility index (Phi) is 4.57. The maximum atomic E-state index is 11.6. The molecule has 1 amide bonds. The first kappa shape index (κ1) is 14.4. The zero-order valence-corrected chi connectivity index (χ0v) is 12.3. The summed E-state index contributed by atoms with van der Waals surface area (Å²) >= 11 is 0. The predicted octanol–water partition coefficient (Wildman–Crippen LogP) is 2.07. The summed E-state index contributed by atoms with van der Waals surface area (Å²) in [5.74, 6) is 6.19. The Morgan fingerprint density at radius 2 is 2.05 bits per heavy atom. The third kappa shape index (κ3) is 3.57. The number of hydrogen-bond donors (Lipinski definition) is 1. The lowest BCUT2D eigenvalue weighted by atomic mass is 10.0. The van der Waals surface area contributed by atoms with Crippen LogP contribution < -0.4 is 5.32 Å². The third-order valence-corrected chi connectivity index (χ3v) is 3.72. The van der Waals surface area contributed by atoms with Crippen molar-refractivity contribution in [3.05, 3.63) is 59.5 Å². The van der Waals surface area contributed by atoms with Crippen molar-refractivity contribution in [1.29, 1.82) is 0 Å². The summed E-state index contributed by atoms with van der Waals surface area (Å²) in [5, 5.41) is 2.71. The molecule has 2 aromatic rings. The standard InChI is InChI=1S/C18H18N2O2/c21-18(17-8-5-13-22-17)19-10-3-4-11-20-12-9-15-6-1-2-7-16(15)14-20/h1-2,5-8,13H,9-12,14H2,(H,19,21). The van der Waals surface area contributed by atoms with E-state index in [1.165, 1.54) is 17.4 Å². The third-order valence-electron chi connectivity index (χ3n) is 3.72. The van der Waals surface area contributed by atoms with Gasteiger partial charge in [-0.25, -0.2) is 0 Å². The molecule has 1 aromatic carbocycles. The molecule has 112 valence electrons. The van der Waals surface area contributed by atoms with Crippen LogP contribution in [0.2, 0.25) is 0 Å². The van der Waals surface area contributed by atoms with Gasteiger partial charge < -0.3 is 9.73 Å². The lowest BCUT2D eigenvalue weighted by Gasteiger charge is -2.26. The lowest BCUT2D eigenvalue weighted by Crippen LogP contribution is -2.30. The second-order valence-corrected chi connectivity index (χ2v) is 5.24. The SMILES string of the molecule is O=C(NCC#CCN1CCc2ccccc2C1)c1ccco1. The number of carbonyl (C=O) groups is 1. The van der Waals surface area contributed by atoms with Crippen LogP contribution in [0.25, 0.3) is 0 Å². The molecule has 3 rings (SSSR count). The van der Waals surface area contributed by atoms with Crippen LogP contribution >= 0.6 is 0 Å². The van der Waals surface area contributed by atoms with Crippen LogP contribution in [-0.4, -0.2) is 30.4 Å². The summed E-state index contributed by atoms with van der Waals surface area (Å²) < 4.78 is 5.01. The first-order valence-corrected chi connectivity index (χ1v) is 7.39. The molecule has 4 nitrogen and oxygen atoms in total. The molecular weight excluding hydrogens is 276 g/mol. The van der Waals surface area contributed by atoms with Crippen LogP contribution in [0.15, 0.2) is 47.1 Å². The van der Waals surface area contributed by atoms with E-state index in [1.54, 1.807) is 12.1 Å². The molecule has 0 saturated carbocycles. The Bertz CT molecular complexity index is 695. The van der Waals surface area contributed by atoms with Crippen LogP contribution in [0.5, 0.6) is 0 Å². The summed E-state index contributed by atoms with van der Waals surface area (Å²) in [4.78, 5) is 13.9. The van der Waals surface area contributed by atoms with E-state index in [4.69, 9.17) is 4.42 Å². The zero-order chi connectivity index (χ0) is 15.2. The molecule has 1 aromatic heterocycles. The van der Waals surface area contributed by atoms with E-state index >= 15 is 0 Å². The largest absolute Gasteiger partial charge is 0.459 e. The van der Waals surface area contributed by atoms with Crippen molar-refractivity contribution in [3.63, 3.8) is 0 Å². The first-order valence-electron chi connectivity index (χ1n) is 7.39. The average Bonchev–Trinajstić information content (AvgIpc) is 3.09. The molecule has 0 spiro atoms. The minimum absolute atomic E-state index is 0.230. The molecule has 0 fully saturated rings. The van der Waals surface area contributed by atoms with E-state index in [0.29, 0.717) is 12.3 Å². The lowest BCUT2D eigenvalue weighted by molar-refractivity contribution is 0.0931. The fraction of sp³-hybridized carbons (Fsp3) is 0.278. The van der Waals surface area contributed by atoms with Crippen molar-refractivity contribution in [2.24, 2.45) is 0 Å². The van der Waals surface area contributed by atoms with Crippen LogP contribution in [0.1, 0.15) is 21.7 Å². The summed E-state index contributed by atoms with van der Waals surface area (Å²) in [6, 6.07) is 11.9. The van der Waals surface area contributed by atoms with Gasteiger partial charge in [-0.3, -0.25) is 9.69 Å². The second-order valence-electron chi connectivity index (χ2n) is 5.24. The highest BCUT2D eigenvalue weighted by molar-refractivity contribution is 5.91. The molecule has 2 heterocycles. The maximum absolute atomic E-state index is 11.6. The number of hydrogen-bond acceptors (Lipinski definition) is 3. The fourth-order valence-electron chi connectivity index (χ4n) is 2.54. The molecule has 0 saturated heterocycles. The van der Waals surface area contributed by atoms with Crippen molar-refractivity contribution in [2.45, 2.75) is 13.0 Å². The van der Waals surface area contributed by atoms with E-state index in [2.05, 4.69) is 46.3 Å². The number of nitrogens with zero attached hydrogens (tertiary/aromatic N) is 1. The summed E-state index contributed by atoms with van der Waals surface area (Å²) in [6.07, 6.45) is 2.56. The number of fused-ring (bicyclic) bond motifs is 1. The second kappa shape index (κ2) is 6.97. The maximum Gasteiger partial charge on any atom is 0.287 e. The Morgan fingerprint density at radius 3 is 2.86 bits per heavy atom. The van der Waals surface area contributed by atoms with E-state index in [0.717, 1.165) is 26.1 Å². The monoisotopic (exact) mass is 294 g/mol. The van der Waals surface area contributed by atoms with Gasteiger partial charge in [-0.1, -0.05) is 36.1 Å². The van der Waals surface area contributed by atoms with Crippen LogP contribution in [0.3, 0.4) is 0 Å². The Balaban J connectivity index is 1.43. The van der Waals surface area contributed by atoms with Gasteiger partial charge in [0, 0.05) is 13.1 Å².